The molecule has 1 atom stereocenters. The Labute approximate surface area is 149 Å². The average molecular weight is 345 g/mol. The van der Waals surface area contributed by atoms with Gasteiger partial charge in [0.15, 0.2) is 0 Å². The van der Waals surface area contributed by atoms with E-state index in [4.69, 9.17) is 4.74 Å². The first-order chi connectivity index (χ1) is 12.1. The third-order valence-corrected chi connectivity index (χ3v) is 5.07. The molecule has 0 spiro atoms. The summed E-state index contributed by atoms with van der Waals surface area (Å²) in [5.74, 6) is 0.195. The maximum atomic E-state index is 12.5. The molecular weight excluding hydrogens is 318 g/mol. The number of ether oxygens (including phenoxy) is 1. The minimum atomic E-state index is -0.00781. The zero-order valence-electron chi connectivity index (χ0n) is 14.9. The lowest BCUT2D eigenvalue weighted by molar-refractivity contribution is -0.133. The molecule has 136 valence electrons. The van der Waals surface area contributed by atoms with Crippen molar-refractivity contribution in [3.8, 4) is 0 Å². The summed E-state index contributed by atoms with van der Waals surface area (Å²) in [6.45, 7) is 6.95. The largest absolute Gasteiger partial charge is 0.379 e. The van der Waals surface area contributed by atoms with Crippen LogP contribution in [0.15, 0.2) is 24.3 Å². The lowest BCUT2D eigenvalue weighted by Crippen LogP contribution is -2.48. The summed E-state index contributed by atoms with van der Waals surface area (Å²) in [5.41, 5.74) is 2.17. The predicted molar refractivity (Wildman–Crippen MR) is 95.3 cm³/mol. The second-order valence-corrected chi connectivity index (χ2v) is 6.73. The van der Waals surface area contributed by atoms with Gasteiger partial charge in [-0.25, -0.2) is 0 Å². The predicted octanol–water partition coefficient (Wildman–Crippen LogP) is 0.587. The normalized spacial score (nSPS) is 21.6. The zero-order valence-corrected chi connectivity index (χ0v) is 14.9. The first-order valence-corrected chi connectivity index (χ1v) is 9.07. The second-order valence-electron chi connectivity index (χ2n) is 6.73. The lowest BCUT2D eigenvalue weighted by Gasteiger charge is -2.31. The van der Waals surface area contributed by atoms with Gasteiger partial charge in [0.25, 0.3) is 0 Å². The van der Waals surface area contributed by atoms with Crippen molar-refractivity contribution < 1.29 is 14.3 Å². The van der Waals surface area contributed by atoms with Gasteiger partial charge in [0.2, 0.25) is 11.8 Å². The van der Waals surface area contributed by atoms with E-state index in [1.165, 1.54) is 0 Å². The number of carbonyl (C=O) groups excluding carboxylic acids is 2. The van der Waals surface area contributed by atoms with Crippen LogP contribution in [0, 0.1) is 6.92 Å². The maximum absolute atomic E-state index is 12.5. The molecule has 1 N–H and O–H groups in total. The number of hydrogen-bond acceptors (Lipinski definition) is 4. The third kappa shape index (κ3) is 4.58. The molecule has 2 fully saturated rings. The summed E-state index contributed by atoms with van der Waals surface area (Å²) in [5, 5.41) is 2.93. The van der Waals surface area contributed by atoms with Crippen LogP contribution >= 0.6 is 0 Å². The van der Waals surface area contributed by atoms with Gasteiger partial charge in [-0.3, -0.25) is 14.5 Å². The summed E-state index contributed by atoms with van der Waals surface area (Å²) in [6.07, 6.45) is 1.26. The van der Waals surface area contributed by atoms with Crippen LogP contribution in [-0.4, -0.2) is 73.6 Å². The molecule has 2 saturated heterocycles. The number of morpholine rings is 1. The monoisotopic (exact) mass is 345 g/mol. The van der Waals surface area contributed by atoms with Crippen molar-refractivity contribution in [3.05, 3.63) is 35.4 Å². The molecule has 6 heteroatoms. The molecule has 0 saturated carbocycles. The molecule has 0 aromatic heterocycles. The van der Waals surface area contributed by atoms with E-state index in [0.717, 1.165) is 37.2 Å². The Balaban J connectivity index is 1.41. The van der Waals surface area contributed by atoms with E-state index in [-0.39, 0.29) is 17.9 Å². The quantitative estimate of drug-likeness (QED) is 0.820. The minimum absolute atomic E-state index is 0.00525. The molecular formula is C19H27N3O3. The topological polar surface area (TPSA) is 61.9 Å². The van der Waals surface area contributed by atoms with Crippen LogP contribution in [0.1, 0.15) is 17.5 Å². The Hall–Kier alpha value is -1.92. The molecule has 2 aliphatic rings. The van der Waals surface area contributed by atoms with E-state index in [1.54, 1.807) is 0 Å². The molecule has 1 aromatic rings. The van der Waals surface area contributed by atoms with Gasteiger partial charge in [-0.05, 0) is 24.5 Å². The average Bonchev–Trinajstić information content (AvgIpc) is 2.99. The number of hydrogen-bond donors (Lipinski definition) is 1. The smallest absolute Gasteiger partial charge is 0.240 e. The van der Waals surface area contributed by atoms with Crippen molar-refractivity contribution in [2.24, 2.45) is 0 Å². The number of benzene rings is 1. The fourth-order valence-corrected chi connectivity index (χ4v) is 3.55. The molecule has 25 heavy (non-hydrogen) atoms. The Morgan fingerprint density at radius 3 is 2.76 bits per heavy atom. The molecule has 6 nitrogen and oxygen atoms in total. The number of likely N-dealkylation sites (tertiary alicyclic amines) is 1. The molecule has 2 amide bonds. The van der Waals surface area contributed by atoms with Crippen LogP contribution in [0.25, 0.3) is 0 Å². The van der Waals surface area contributed by atoms with Gasteiger partial charge in [-0.15, -0.1) is 0 Å². The van der Waals surface area contributed by atoms with Gasteiger partial charge in [0.1, 0.15) is 0 Å². The van der Waals surface area contributed by atoms with E-state index in [1.807, 2.05) is 36.1 Å². The molecule has 2 heterocycles. The Morgan fingerprint density at radius 1 is 1.24 bits per heavy atom. The highest BCUT2D eigenvalue weighted by atomic mass is 16.5. The zero-order chi connectivity index (χ0) is 17.6. The van der Waals surface area contributed by atoms with Crippen molar-refractivity contribution in [1.29, 1.82) is 0 Å². The molecule has 0 bridgehead atoms. The van der Waals surface area contributed by atoms with Gasteiger partial charge in [0.05, 0.1) is 25.7 Å². The van der Waals surface area contributed by atoms with Crippen molar-refractivity contribution in [2.75, 3.05) is 45.9 Å². The van der Waals surface area contributed by atoms with Crippen LogP contribution in [0.2, 0.25) is 0 Å². The summed E-state index contributed by atoms with van der Waals surface area (Å²) < 4.78 is 5.36. The van der Waals surface area contributed by atoms with Gasteiger partial charge in [0, 0.05) is 32.7 Å². The van der Waals surface area contributed by atoms with Crippen molar-refractivity contribution in [1.82, 2.24) is 15.1 Å². The van der Waals surface area contributed by atoms with Gasteiger partial charge in [-0.1, -0.05) is 24.3 Å². The Kier molecular flexibility index (Phi) is 6.04. The van der Waals surface area contributed by atoms with E-state index >= 15 is 0 Å². The van der Waals surface area contributed by atoms with Gasteiger partial charge >= 0.3 is 0 Å². The summed E-state index contributed by atoms with van der Waals surface area (Å²) in [7, 11) is 0. The standard InChI is InChI=1S/C19H27N3O3/c1-15-4-2-3-5-16(15)14-18(23)20-7-9-22-8-6-17(19(22)24)21-10-12-25-13-11-21/h2-5,17H,6-14H2,1H3,(H,20,23). The summed E-state index contributed by atoms with van der Waals surface area (Å²) >= 11 is 0. The van der Waals surface area contributed by atoms with Crippen LogP contribution in [0.4, 0.5) is 0 Å². The highest BCUT2D eigenvalue weighted by molar-refractivity contribution is 5.84. The van der Waals surface area contributed by atoms with Crippen LogP contribution in [0.3, 0.4) is 0 Å². The summed E-state index contributed by atoms with van der Waals surface area (Å²) in [4.78, 5) is 28.7. The summed E-state index contributed by atoms with van der Waals surface area (Å²) in [6, 6.07) is 7.90. The van der Waals surface area contributed by atoms with Crippen LogP contribution in [-0.2, 0) is 20.7 Å². The number of carbonyl (C=O) groups is 2. The fraction of sp³-hybridized carbons (Fsp3) is 0.579. The lowest BCUT2D eigenvalue weighted by atomic mass is 10.1. The van der Waals surface area contributed by atoms with Crippen molar-refractivity contribution in [3.63, 3.8) is 0 Å². The molecule has 0 radical (unpaired) electrons. The molecule has 0 aliphatic carbocycles. The molecule has 1 unspecified atom stereocenters. The van der Waals surface area contributed by atoms with E-state index in [2.05, 4.69) is 10.2 Å². The number of amides is 2. The van der Waals surface area contributed by atoms with E-state index in [0.29, 0.717) is 32.7 Å². The van der Waals surface area contributed by atoms with Gasteiger partial charge in [-0.2, -0.15) is 0 Å². The number of aryl methyl sites for hydroxylation is 1. The number of nitrogens with zero attached hydrogens (tertiary/aromatic N) is 2. The molecule has 2 aliphatic heterocycles. The fourth-order valence-electron chi connectivity index (χ4n) is 3.55. The van der Waals surface area contributed by atoms with Crippen molar-refractivity contribution in [2.45, 2.75) is 25.8 Å². The van der Waals surface area contributed by atoms with Crippen LogP contribution in [0.5, 0.6) is 0 Å². The third-order valence-electron chi connectivity index (χ3n) is 5.07. The minimum Gasteiger partial charge on any atom is -0.379 e. The highest BCUT2D eigenvalue weighted by Gasteiger charge is 2.36. The molecule has 3 rings (SSSR count). The van der Waals surface area contributed by atoms with E-state index < -0.39 is 0 Å². The van der Waals surface area contributed by atoms with Gasteiger partial charge < -0.3 is 15.0 Å². The first-order valence-electron chi connectivity index (χ1n) is 9.07. The molecule has 1 aromatic carbocycles. The SMILES string of the molecule is Cc1ccccc1CC(=O)NCCN1CCC(N2CCOCC2)C1=O. The number of nitrogens with one attached hydrogen (secondary N) is 1. The maximum Gasteiger partial charge on any atom is 0.240 e. The Morgan fingerprint density at radius 2 is 2.00 bits per heavy atom. The number of rotatable bonds is 6. The Bertz CT molecular complexity index is 614. The first kappa shape index (κ1) is 17.9. The van der Waals surface area contributed by atoms with Crippen molar-refractivity contribution >= 4 is 11.8 Å². The van der Waals surface area contributed by atoms with E-state index in [9.17, 15) is 9.59 Å². The second kappa shape index (κ2) is 8.45. The van der Waals surface area contributed by atoms with Crippen LogP contribution < -0.4 is 5.32 Å². The highest BCUT2D eigenvalue weighted by Crippen LogP contribution is 2.18.